The van der Waals surface area contributed by atoms with Crippen LogP contribution in [0.4, 0.5) is 5.69 Å². The van der Waals surface area contributed by atoms with Crippen LogP contribution in [-0.2, 0) is 17.6 Å². The molecular weight excluding hydrogens is 174 g/mol. The van der Waals surface area contributed by atoms with Crippen molar-refractivity contribution in [2.24, 2.45) is 5.92 Å². The predicted octanol–water partition coefficient (Wildman–Crippen LogP) is 2.21. The monoisotopic (exact) mass is 191 g/mol. The van der Waals surface area contributed by atoms with Gasteiger partial charge in [-0.1, -0.05) is 19.9 Å². The van der Waals surface area contributed by atoms with E-state index in [2.05, 4.69) is 6.92 Å². The summed E-state index contributed by atoms with van der Waals surface area (Å²) >= 11 is 0. The number of nitrogens with two attached hydrogens (primary N) is 1. The molecule has 0 saturated carbocycles. The van der Waals surface area contributed by atoms with E-state index in [1.165, 1.54) is 11.1 Å². The van der Waals surface area contributed by atoms with Gasteiger partial charge in [0.2, 0.25) is 0 Å². The van der Waals surface area contributed by atoms with Gasteiger partial charge in [0.15, 0.2) is 0 Å². The van der Waals surface area contributed by atoms with E-state index in [1.807, 2.05) is 25.1 Å². The van der Waals surface area contributed by atoms with E-state index in [-0.39, 0.29) is 5.92 Å². The first-order chi connectivity index (χ1) is 6.67. The van der Waals surface area contributed by atoms with Crippen molar-refractivity contribution in [1.29, 1.82) is 0 Å². The van der Waals surface area contributed by atoms with Crippen molar-refractivity contribution >= 4 is 12.0 Å². The zero-order chi connectivity index (χ0) is 10.6. The molecule has 0 radical (unpaired) electrons. The second-order valence-corrected chi connectivity index (χ2v) is 3.70. The van der Waals surface area contributed by atoms with Crippen LogP contribution in [0.2, 0.25) is 0 Å². The van der Waals surface area contributed by atoms with E-state index in [9.17, 15) is 4.79 Å². The molecule has 76 valence electrons. The van der Waals surface area contributed by atoms with Gasteiger partial charge in [-0.2, -0.15) is 0 Å². The molecule has 1 aromatic carbocycles. The second kappa shape index (κ2) is 4.80. The fourth-order valence-corrected chi connectivity index (χ4v) is 1.57. The molecule has 2 N–H and O–H groups in total. The van der Waals surface area contributed by atoms with Crippen molar-refractivity contribution in [3.8, 4) is 0 Å². The summed E-state index contributed by atoms with van der Waals surface area (Å²) in [6.45, 7) is 4.03. The molecule has 0 amide bonds. The van der Waals surface area contributed by atoms with Crippen LogP contribution < -0.4 is 5.73 Å². The highest BCUT2D eigenvalue weighted by molar-refractivity contribution is 5.54. The van der Waals surface area contributed by atoms with Crippen molar-refractivity contribution in [2.75, 3.05) is 5.73 Å². The summed E-state index contributed by atoms with van der Waals surface area (Å²) in [5, 5.41) is 0. The van der Waals surface area contributed by atoms with Gasteiger partial charge in [0.1, 0.15) is 6.29 Å². The lowest BCUT2D eigenvalue weighted by molar-refractivity contribution is -0.110. The Labute approximate surface area is 85.1 Å². The SMILES string of the molecule is CCc1cc(N)ccc1CC(C)C=O. The molecule has 1 aromatic rings. The highest BCUT2D eigenvalue weighted by atomic mass is 16.1. The fraction of sp³-hybridized carbons (Fsp3) is 0.417. The summed E-state index contributed by atoms with van der Waals surface area (Å²) < 4.78 is 0. The van der Waals surface area contributed by atoms with Crippen molar-refractivity contribution < 1.29 is 4.79 Å². The van der Waals surface area contributed by atoms with E-state index in [1.54, 1.807) is 0 Å². The van der Waals surface area contributed by atoms with Gasteiger partial charge < -0.3 is 10.5 Å². The normalized spacial score (nSPS) is 12.4. The van der Waals surface area contributed by atoms with Crippen LogP contribution in [0.15, 0.2) is 18.2 Å². The Morgan fingerprint density at radius 2 is 2.14 bits per heavy atom. The third-order valence-corrected chi connectivity index (χ3v) is 2.39. The van der Waals surface area contributed by atoms with Crippen molar-refractivity contribution in [2.45, 2.75) is 26.7 Å². The van der Waals surface area contributed by atoms with Gasteiger partial charge in [-0.15, -0.1) is 0 Å². The highest BCUT2D eigenvalue weighted by Gasteiger charge is 2.06. The molecule has 0 bridgehead atoms. The standard InChI is InChI=1S/C12H17NO/c1-3-10-7-12(13)5-4-11(10)6-9(2)8-14/h4-5,7-9H,3,6,13H2,1-2H3. The van der Waals surface area contributed by atoms with Crippen molar-refractivity contribution in [3.63, 3.8) is 0 Å². The van der Waals surface area contributed by atoms with E-state index >= 15 is 0 Å². The maximum absolute atomic E-state index is 10.6. The van der Waals surface area contributed by atoms with Crippen molar-refractivity contribution in [1.82, 2.24) is 0 Å². The number of rotatable bonds is 4. The third-order valence-electron chi connectivity index (χ3n) is 2.39. The predicted molar refractivity (Wildman–Crippen MR) is 59.2 cm³/mol. The number of aryl methyl sites for hydroxylation is 1. The minimum atomic E-state index is 0.0870. The minimum Gasteiger partial charge on any atom is -0.399 e. The Morgan fingerprint density at radius 3 is 2.71 bits per heavy atom. The Morgan fingerprint density at radius 1 is 1.43 bits per heavy atom. The van der Waals surface area contributed by atoms with Crippen LogP contribution in [0.5, 0.6) is 0 Å². The summed E-state index contributed by atoms with van der Waals surface area (Å²) in [5.41, 5.74) is 8.98. The quantitative estimate of drug-likeness (QED) is 0.585. The number of carbonyl (C=O) groups excluding carboxylic acids is 1. The summed E-state index contributed by atoms with van der Waals surface area (Å²) in [5.74, 6) is 0.0870. The molecule has 0 heterocycles. The van der Waals surface area contributed by atoms with E-state index in [0.717, 1.165) is 24.8 Å². The van der Waals surface area contributed by atoms with Gasteiger partial charge in [-0.3, -0.25) is 0 Å². The molecule has 2 heteroatoms. The van der Waals surface area contributed by atoms with Gasteiger partial charge >= 0.3 is 0 Å². The van der Waals surface area contributed by atoms with E-state index in [0.29, 0.717) is 0 Å². The molecule has 0 aliphatic rings. The molecule has 2 nitrogen and oxygen atoms in total. The average Bonchev–Trinajstić information content (AvgIpc) is 2.20. The second-order valence-electron chi connectivity index (χ2n) is 3.70. The zero-order valence-corrected chi connectivity index (χ0v) is 8.79. The number of hydrogen-bond acceptors (Lipinski definition) is 2. The van der Waals surface area contributed by atoms with Gasteiger partial charge in [0.25, 0.3) is 0 Å². The molecule has 0 spiro atoms. The molecule has 0 aliphatic heterocycles. The Balaban J connectivity index is 2.90. The Kier molecular flexibility index (Phi) is 3.69. The maximum Gasteiger partial charge on any atom is 0.123 e. The topological polar surface area (TPSA) is 43.1 Å². The molecule has 14 heavy (non-hydrogen) atoms. The van der Waals surface area contributed by atoms with Crippen molar-refractivity contribution in [3.05, 3.63) is 29.3 Å². The zero-order valence-electron chi connectivity index (χ0n) is 8.79. The highest BCUT2D eigenvalue weighted by Crippen LogP contribution is 2.17. The van der Waals surface area contributed by atoms with Gasteiger partial charge in [-0.05, 0) is 36.1 Å². The summed E-state index contributed by atoms with van der Waals surface area (Å²) in [4.78, 5) is 10.6. The van der Waals surface area contributed by atoms with Crippen LogP contribution in [0, 0.1) is 5.92 Å². The molecule has 0 aliphatic carbocycles. The van der Waals surface area contributed by atoms with Crippen LogP contribution in [-0.4, -0.2) is 6.29 Å². The van der Waals surface area contributed by atoms with Crippen LogP contribution in [0.1, 0.15) is 25.0 Å². The molecule has 0 aromatic heterocycles. The molecule has 1 unspecified atom stereocenters. The lowest BCUT2D eigenvalue weighted by Crippen LogP contribution is -2.04. The summed E-state index contributed by atoms with van der Waals surface area (Å²) in [6.07, 6.45) is 2.77. The number of nitrogen functional groups attached to an aromatic ring is 1. The third kappa shape index (κ3) is 2.59. The van der Waals surface area contributed by atoms with Crippen LogP contribution in [0.3, 0.4) is 0 Å². The van der Waals surface area contributed by atoms with Gasteiger partial charge in [0.05, 0.1) is 0 Å². The Hall–Kier alpha value is -1.31. The van der Waals surface area contributed by atoms with E-state index < -0.39 is 0 Å². The Bertz CT molecular complexity index is 320. The number of carbonyl (C=O) groups is 1. The molecule has 1 rings (SSSR count). The van der Waals surface area contributed by atoms with E-state index in [4.69, 9.17) is 5.73 Å². The number of anilines is 1. The molecule has 0 saturated heterocycles. The summed E-state index contributed by atoms with van der Waals surface area (Å²) in [6, 6.07) is 5.91. The van der Waals surface area contributed by atoms with Crippen LogP contribution >= 0.6 is 0 Å². The first-order valence-corrected chi connectivity index (χ1v) is 5.00. The first kappa shape index (κ1) is 10.8. The molecule has 0 fully saturated rings. The number of aldehydes is 1. The smallest absolute Gasteiger partial charge is 0.123 e. The lowest BCUT2D eigenvalue weighted by atomic mass is 9.96. The number of benzene rings is 1. The minimum absolute atomic E-state index is 0.0870. The number of hydrogen-bond donors (Lipinski definition) is 1. The lowest BCUT2D eigenvalue weighted by Gasteiger charge is -2.10. The first-order valence-electron chi connectivity index (χ1n) is 5.00. The van der Waals surface area contributed by atoms with Gasteiger partial charge in [-0.25, -0.2) is 0 Å². The van der Waals surface area contributed by atoms with Crippen LogP contribution in [0.25, 0.3) is 0 Å². The fourth-order valence-electron chi connectivity index (χ4n) is 1.57. The molecular formula is C12H17NO. The molecule has 1 atom stereocenters. The largest absolute Gasteiger partial charge is 0.399 e. The average molecular weight is 191 g/mol. The maximum atomic E-state index is 10.6. The van der Waals surface area contributed by atoms with Gasteiger partial charge in [0, 0.05) is 11.6 Å². The summed E-state index contributed by atoms with van der Waals surface area (Å²) in [7, 11) is 0.